The van der Waals surface area contributed by atoms with E-state index in [0.717, 1.165) is 17.3 Å². The first kappa shape index (κ1) is 16.6. The molecule has 2 amide bonds. The lowest BCUT2D eigenvalue weighted by Crippen LogP contribution is -2.43. The highest BCUT2D eigenvalue weighted by Gasteiger charge is 2.24. The smallest absolute Gasteiger partial charge is 0.317 e. The Labute approximate surface area is 144 Å². The molecule has 1 aromatic carbocycles. The van der Waals surface area contributed by atoms with Crippen molar-refractivity contribution in [2.24, 2.45) is 7.05 Å². The van der Waals surface area contributed by atoms with Gasteiger partial charge in [0.1, 0.15) is 11.9 Å². The topological polar surface area (TPSA) is 85.2 Å². The van der Waals surface area contributed by atoms with E-state index in [1.165, 1.54) is 17.3 Å². The number of ether oxygens (including phenoxy) is 1. The maximum Gasteiger partial charge on any atom is 0.317 e. The van der Waals surface area contributed by atoms with Crippen molar-refractivity contribution in [1.29, 1.82) is 0 Å². The van der Waals surface area contributed by atoms with Crippen LogP contribution < -0.4 is 10.1 Å². The minimum Gasteiger partial charge on any atom is -0.488 e. The lowest BCUT2D eigenvalue weighted by molar-refractivity contribution is 0.164. The SMILES string of the molecule is CN(CC1Cc2ccccc2O1)C(=O)NCCSc1nnnn1C. The molecule has 0 aliphatic carbocycles. The monoisotopic (exact) mass is 348 g/mol. The van der Waals surface area contributed by atoms with E-state index in [0.29, 0.717) is 18.8 Å². The molecule has 1 aliphatic heterocycles. The molecule has 0 saturated heterocycles. The molecule has 1 atom stereocenters. The van der Waals surface area contributed by atoms with E-state index >= 15 is 0 Å². The van der Waals surface area contributed by atoms with E-state index in [2.05, 4.69) is 26.9 Å². The minimum atomic E-state index is -0.105. The Morgan fingerprint density at radius 3 is 3.08 bits per heavy atom. The number of amides is 2. The number of nitrogens with one attached hydrogen (secondary N) is 1. The van der Waals surface area contributed by atoms with Crippen LogP contribution in [0.4, 0.5) is 4.79 Å². The van der Waals surface area contributed by atoms with Crippen molar-refractivity contribution < 1.29 is 9.53 Å². The third-order valence-corrected chi connectivity index (χ3v) is 4.74. The van der Waals surface area contributed by atoms with Gasteiger partial charge in [0.2, 0.25) is 5.16 Å². The van der Waals surface area contributed by atoms with Gasteiger partial charge in [-0.25, -0.2) is 9.48 Å². The van der Waals surface area contributed by atoms with Crippen molar-refractivity contribution in [3.05, 3.63) is 29.8 Å². The van der Waals surface area contributed by atoms with Crippen LogP contribution in [-0.4, -0.2) is 63.1 Å². The molecular formula is C15H20N6O2S. The summed E-state index contributed by atoms with van der Waals surface area (Å²) in [6.45, 7) is 1.10. The Morgan fingerprint density at radius 1 is 1.50 bits per heavy atom. The highest BCUT2D eigenvalue weighted by molar-refractivity contribution is 7.99. The van der Waals surface area contributed by atoms with E-state index in [4.69, 9.17) is 4.74 Å². The average molecular weight is 348 g/mol. The van der Waals surface area contributed by atoms with E-state index in [-0.39, 0.29) is 12.1 Å². The summed E-state index contributed by atoms with van der Waals surface area (Å²) in [4.78, 5) is 13.8. The first-order valence-electron chi connectivity index (χ1n) is 7.72. The minimum absolute atomic E-state index is 0.0113. The molecule has 2 aromatic rings. The number of likely N-dealkylation sites (N-methyl/N-ethyl adjacent to an activating group) is 1. The number of hydrogen-bond acceptors (Lipinski definition) is 6. The highest BCUT2D eigenvalue weighted by atomic mass is 32.2. The molecule has 8 nitrogen and oxygen atoms in total. The summed E-state index contributed by atoms with van der Waals surface area (Å²) in [5.74, 6) is 1.63. The van der Waals surface area contributed by atoms with Crippen LogP contribution in [0.3, 0.4) is 0 Å². The van der Waals surface area contributed by atoms with Crippen molar-refractivity contribution in [1.82, 2.24) is 30.4 Å². The number of benzene rings is 1. The predicted molar refractivity (Wildman–Crippen MR) is 90.1 cm³/mol. The maximum atomic E-state index is 12.1. The van der Waals surface area contributed by atoms with E-state index < -0.39 is 0 Å². The van der Waals surface area contributed by atoms with Crippen LogP contribution in [-0.2, 0) is 13.5 Å². The highest BCUT2D eigenvalue weighted by Crippen LogP contribution is 2.28. The first-order valence-corrected chi connectivity index (χ1v) is 8.70. The van der Waals surface area contributed by atoms with E-state index in [1.807, 2.05) is 18.2 Å². The summed E-state index contributed by atoms with van der Waals surface area (Å²) in [7, 11) is 3.57. The lowest BCUT2D eigenvalue weighted by Gasteiger charge is -2.21. The second-order valence-electron chi connectivity index (χ2n) is 5.60. The van der Waals surface area contributed by atoms with Crippen molar-refractivity contribution in [3.8, 4) is 5.75 Å². The van der Waals surface area contributed by atoms with Gasteiger partial charge >= 0.3 is 6.03 Å². The molecule has 1 aromatic heterocycles. The van der Waals surface area contributed by atoms with Gasteiger partial charge in [-0.1, -0.05) is 30.0 Å². The van der Waals surface area contributed by atoms with Crippen molar-refractivity contribution >= 4 is 17.8 Å². The molecule has 0 spiro atoms. The summed E-state index contributed by atoms with van der Waals surface area (Å²) in [5, 5.41) is 14.8. The zero-order chi connectivity index (χ0) is 16.9. The molecule has 3 rings (SSSR count). The molecule has 1 N–H and O–H groups in total. The van der Waals surface area contributed by atoms with Gasteiger partial charge < -0.3 is 15.0 Å². The number of rotatable bonds is 6. The number of aryl methyl sites for hydroxylation is 1. The molecule has 0 fully saturated rings. The standard InChI is InChI=1S/C15H20N6O2S/c1-20(10-12-9-11-5-3-4-6-13(11)23-12)14(22)16-7-8-24-15-17-18-19-21(15)2/h3-6,12H,7-10H2,1-2H3,(H,16,22). The second-order valence-corrected chi connectivity index (χ2v) is 6.66. The van der Waals surface area contributed by atoms with Crippen LogP contribution in [0.5, 0.6) is 5.75 Å². The summed E-state index contributed by atoms with van der Waals surface area (Å²) in [6, 6.07) is 7.89. The fourth-order valence-corrected chi connectivity index (χ4v) is 3.23. The molecule has 0 saturated carbocycles. The Kier molecular flexibility index (Phi) is 5.19. The quantitative estimate of drug-likeness (QED) is 0.618. The van der Waals surface area contributed by atoms with Crippen LogP contribution in [0.25, 0.3) is 0 Å². The summed E-state index contributed by atoms with van der Waals surface area (Å²) < 4.78 is 7.47. The van der Waals surface area contributed by atoms with Gasteiger partial charge in [-0.2, -0.15) is 0 Å². The first-order chi connectivity index (χ1) is 11.6. The molecule has 9 heteroatoms. The number of fused-ring (bicyclic) bond motifs is 1. The van der Waals surface area contributed by atoms with Crippen molar-refractivity contribution in [2.45, 2.75) is 17.7 Å². The Bertz CT molecular complexity index is 682. The number of para-hydroxylation sites is 1. The molecule has 1 unspecified atom stereocenters. The number of thioether (sulfide) groups is 1. The Morgan fingerprint density at radius 2 is 2.33 bits per heavy atom. The molecule has 0 radical (unpaired) electrons. The van der Waals surface area contributed by atoms with Gasteiger partial charge in [0.05, 0.1) is 6.54 Å². The Hall–Kier alpha value is -2.29. The molecular weight excluding hydrogens is 328 g/mol. The average Bonchev–Trinajstić information content (AvgIpc) is 3.16. The molecule has 2 heterocycles. The number of tetrazole rings is 1. The zero-order valence-electron chi connectivity index (χ0n) is 13.7. The normalized spacial score (nSPS) is 15.7. The molecule has 24 heavy (non-hydrogen) atoms. The molecule has 128 valence electrons. The lowest BCUT2D eigenvalue weighted by atomic mass is 10.1. The van der Waals surface area contributed by atoms with Crippen LogP contribution in [0.15, 0.2) is 29.4 Å². The van der Waals surface area contributed by atoms with Gasteiger partial charge in [-0.15, -0.1) is 5.10 Å². The third-order valence-electron chi connectivity index (χ3n) is 3.73. The van der Waals surface area contributed by atoms with Crippen molar-refractivity contribution in [3.63, 3.8) is 0 Å². The fraction of sp³-hybridized carbons (Fsp3) is 0.467. The Balaban J connectivity index is 1.37. The van der Waals surface area contributed by atoms with Crippen molar-refractivity contribution in [2.75, 3.05) is 25.9 Å². The third kappa shape index (κ3) is 3.97. The van der Waals surface area contributed by atoms with E-state index in [1.54, 1.807) is 23.7 Å². The number of hydrogen-bond donors (Lipinski definition) is 1. The second kappa shape index (κ2) is 7.52. The summed E-state index contributed by atoms with van der Waals surface area (Å²) in [5.41, 5.74) is 1.20. The zero-order valence-corrected chi connectivity index (χ0v) is 14.5. The van der Waals surface area contributed by atoms with Gasteiger partial charge in [0.25, 0.3) is 0 Å². The van der Waals surface area contributed by atoms with Crippen LogP contribution in [0.1, 0.15) is 5.56 Å². The number of carbonyl (C=O) groups is 1. The summed E-state index contributed by atoms with van der Waals surface area (Å²) >= 11 is 1.50. The summed E-state index contributed by atoms with van der Waals surface area (Å²) in [6.07, 6.45) is 0.847. The van der Waals surface area contributed by atoms with E-state index in [9.17, 15) is 4.79 Å². The van der Waals surface area contributed by atoms with Gasteiger partial charge in [-0.05, 0) is 22.1 Å². The van der Waals surface area contributed by atoms with Gasteiger partial charge in [0, 0.05) is 32.8 Å². The van der Waals surface area contributed by atoms with Crippen LogP contribution in [0, 0.1) is 0 Å². The number of carbonyl (C=O) groups excluding carboxylic acids is 1. The predicted octanol–water partition coefficient (Wildman–Crippen LogP) is 0.947. The number of nitrogens with zero attached hydrogens (tertiary/aromatic N) is 5. The fourth-order valence-electron chi connectivity index (χ4n) is 2.52. The molecule has 1 aliphatic rings. The molecule has 0 bridgehead atoms. The van der Waals surface area contributed by atoms with Gasteiger partial charge in [0.15, 0.2) is 0 Å². The number of aromatic nitrogens is 4. The largest absolute Gasteiger partial charge is 0.488 e. The van der Waals surface area contributed by atoms with Gasteiger partial charge in [-0.3, -0.25) is 0 Å². The number of urea groups is 1. The van der Waals surface area contributed by atoms with Crippen LogP contribution in [0.2, 0.25) is 0 Å². The van der Waals surface area contributed by atoms with Crippen LogP contribution >= 0.6 is 11.8 Å². The maximum absolute atomic E-state index is 12.1.